The molecular weight excluding hydrogens is 348 g/mol. The lowest BCUT2D eigenvalue weighted by Gasteiger charge is -2.26. The van der Waals surface area contributed by atoms with Crippen LogP contribution in [0.25, 0.3) is 11.1 Å². The van der Waals surface area contributed by atoms with Gasteiger partial charge < -0.3 is 10.1 Å². The number of hydrogen-bond acceptors (Lipinski definition) is 3. The Morgan fingerprint density at radius 1 is 0.857 bits per heavy atom. The van der Waals surface area contributed by atoms with E-state index in [4.69, 9.17) is 4.74 Å². The van der Waals surface area contributed by atoms with E-state index in [1.807, 2.05) is 60.7 Å². The summed E-state index contributed by atoms with van der Waals surface area (Å²) in [6.07, 6.45) is 0. The van der Waals surface area contributed by atoms with E-state index in [0.29, 0.717) is 5.56 Å². The van der Waals surface area contributed by atoms with E-state index >= 15 is 0 Å². The molecule has 1 amide bonds. The number of benzene rings is 3. The van der Waals surface area contributed by atoms with E-state index in [-0.39, 0.29) is 5.91 Å². The molecule has 0 radical (unpaired) electrons. The van der Waals surface area contributed by atoms with Crippen LogP contribution >= 0.6 is 0 Å². The molecule has 0 aromatic heterocycles. The van der Waals surface area contributed by atoms with Gasteiger partial charge in [0.25, 0.3) is 5.91 Å². The summed E-state index contributed by atoms with van der Waals surface area (Å²) in [5.74, 6) is -0.0943. The fourth-order valence-corrected chi connectivity index (χ4v) is 3.41. The third-order valence-corrected chi connectivity index (χ3v) is 4.95. The predicted molar refractivity (Wildman–Crippen MR) is 112 cm³/mol. The van der Waals surface area contributed by atoms with Gasteiger partial charge in [-0.2, -0.15) is 0 Å². The standard InChI is InChI=1S/C24H24N2O2/c27-24(22-11-9-21(10-12-22)20-6-2-1-3-7-20)25-23-8-4-5-19(17-23)18-26-13-15-28-16-14-26/h1-12,17H,13-16,18H2,(H,25,27). The Labute approximate surface area is 165 Å². The molecule has 3 aromatic rings. The maximum absolute atomic E-state index is 12.6. The molecule has 142 valence electrons. The van der Waals surface area contributed by atoms with Gasteiger partial charge in [-0.25, -0.2) is 0 Å². The van der Waals surface area contributed by atoms with E-state index in [2.05, 4.69) is 28.4 Å². The lowest BCUT2D eigenvalue weighted by molar-refractivity contribution is 0.0342. The smallest absolute Gasteiger partial charge is 0.255 e. The van der Waals surface area contributed by atoms with Crippen molar-refractivity contribution in [1.29, 1.82) is 0 Å². The second kappa shape index (κ2) is 8.83. The molecule has 0 atom stereocenters. The Hall–Kier alpha value is -2.95. The third-order valence-electron chi connectivity index (χ3n) is 4.95. The third kappa shape index (κ3) is 4.66. The SMILES string of the molecule is O=C(Nc1cccc(CN2CCOCC2)c1)c1ccc(-c2ccccc2)cc1. The van der Waals surface area contributed by atoms with E-state index in [9.17, 15) is 4.79 Å². The number of hydrogen-bond donors (Lipinski definition) is 1. The Bertz CT molecular complexity index is 917. The van der Waals surface area contributed by atoms with Gasteiger partial charge in [0.15, 0.2) is 0 Å². The molecule has 28 heavy (non-hydrogen) atoms. The van der Waals surface area contributed by atoms with Crippen molar-refractivity contribution in [2.24, 2.45) is 0 Å². The fraction of sp³-hybridized carbons (Fsp3) is 0.208. The van der Waals surface area contributed by atoms with Gasteiger partial charge in [-0.05, 0) is 41.0 Å². The van der Waals surface area contributed by atoms with Crippen molar-refractivity contribution < 1.29 is 9.53 Å². The van der Waals surface area contributed by atoms with Gasteiger partial charge in [0.2, 0.25) is 0 Å². The van der Waals surface area contributed by atoms with Crippen LogP contribution in [-0.2, 0) is 11.3 Å². The van der Waals surface area contributed by atoms with Crippen LogP contribution in [0, 0.1) is 0 Å². The Balaban J connectivity index is 1.41. The highest BCUT2D eigenvalue weighted by molar-refractivity contribution is 6.04. The second-order valence-electron chi connectivity index (χ2n) is 6.99. The zero-order valence-corrected chi connectivity index (χ0v) is 15.8. The number of nitrogens with zero attached hydrogens (tertiary/aromatic N) is 1. The molecule has 1 N–H and O–H groups in total. The highest BCUT2D eigenvalue weighted by Crippen LogP contribution is 2.20. The zero-order chi connectivity index (χ0) is 19.2. The van der Waals surface area contributed by atoms with Crippen molar-refractivity contribution in [2.45, 2.75) is 6.54 Å². The van der Waals surface area contributed by atoms with Crippen LogP contribution in [0.4, 0.5) is 5.69 Å². The number of rotatable bonds is 5. The van der Waals surface area contributed by atoms with Gasteiger partial charge in [0.05, 0.1) is 13.2 Å². The normalized spacial score (nSPS) is 14.6. The zero-order valence-electron chi connectivity index (χ0n) is 15.8. The molecule has 0 bridgehead atoms. The van der Waals surface area contributed by atoms with Gasteiger partial charge in [0.1, 0.15) is 0 Å². The Morgan fingerprint density at radius 3 is 2.32 bits per heavy atom. The van der Waals surface area contributed by atoms with E-state index in [0.717, 1.165) is 49.7 Å². The molecule has 4 nitrogen and oxygen atoms in total. The van der Waals surface area contributed by atoms with Crippen LogP contribution in [0.2, 0.25) is 0 Å². The maximum Gasteiger partial charge on any atom is 0.255 e. The summed E-state index contributed by atoms with van der Waals surface area (Å²) in [7, 11) is 0. The van der Waals surface area contributed by atoms with Crippen LogP contribution in [0.3, 0.4) is 0 Å². The maximum atomic E-state index is 12.6. The minimum Gasteiger partial charge on any atom is -0.379 e. The largest absolute Gasteiger partial charge is 0.379 e. The first-order valence-electron chi connectivity index (χ1n) is 9.64. The van der Waals surface area contributed by atoms with Crippen molar-refractivity contribution in [3.8, 4) is 11.1 Å². The molecular formula is C24H24N2O2. The van der Waals surface area contributed by atoms with Crippen molar-refractivity contribution >= 4 is 11.6 Å². The Morgan fingerprint density at radius 2 is 1.57 bits per heavy atom. The van der Waals surface area contributed by atoms with Gasteiger partial charge in [-0.3, -0.25) is 9.69 Å². The topological polar surface area (TPSA) is 41.6 Å². The summed E-state index contributed by atoms with van der Waals surface area (Å²) in [5.41, 5.74) is 4.91. The molecule has 1 aliphatic heterocycles. The monoisotopic (exact) mass is 372 g/mol. The summed E-state index contributed by atoms with van der Waals surface area (Å²) < 4.78 is 5.40. The molecule has 0 unspecified atom stereocenters. The average molecular weight is 372 g/mol. The van der Waals surface area contributed by atoms with E-state index in [1.165, 1.54) is 5.56 Å². The summed E-state index contributed by atoms with van der Waals surface area (Å²) in [6.45, 7) is 4.35. The minimum absolute atomic E-state index is 0.0943. The summed E-state index contributed by atoms with van der Waals surface area (Å²) in [4.78, 5) is 15.0. The molecule has 4 rings (SSSR count). The van der Waals surface area contributed by atoms with E-state index in [1.54, 1.807) is 0 Å². The second-order valence-corrected chi connectivity index (χ2v) is 6.99. The van der Waals surface area contributed by atoms with Crippen molar-refractivity contribution in [1.82, 2.24) is 4.90 Å². The van der Waals surface area contributed by atoms with Crippen molar-refractivity contribution in [3.63, 3.8) is 0 Å². The van der Waals surface area contributed by atoms with Crippen LogP contribution < -0.4 is 5.32 Å². The van der Waals surface area contributed by atoms with Crippen LogP contribution in [-0.4, -0.2) is 37.1 Å². The number of nitrogens with one attached hydrogen (secondary N) is 1. The number of carbonyl (C=O) groups excluding carboxylic acids is 1. The summed E-state index contributed by atoms with van der Waals surface area (Å²) in [6, 6.07) is 25.9. The Kier molecular flexibility index (Phi) is 5.80. The van der Waals surface area contributed by atoms with Crippen molar-refractivity contribution in [2.75, 3.05) is 31.6 Å². The fourth-order valence-electron chi connectivity index (χ4n) is 3.41. The van der Waals surface area contributed by atoms with Gasteiger partial charge in [-0.15, -0.1) is 0 Å². The summed E-state index contributed by atoms with van der Waals surface area (Å²) in [5, 5.41) is 3.01. The number of morpholine rings is 1. The van der Waals surface area contributed by atoms with Crippen molar-refractivity contribution in [3.05, 3.63) is 90.0 Å². The molecule has 1 saturated heterocycles. The molecule has 1 fully saturated rings. The molecule has 0 spiro atoms. The highest BCUT2D eigenvalue weighted by Gasteiger charge is 2.12. The molecule has 0 aliphatic carbocycles. The molecule has 3 aromatic carbocycles. The number of amides is 1. The predicted octanol–water partition coefficient (Wildman–Crippen LogP) is 4.44. The van der Waals surface area contributed by atoms with Crippen LogP contribution in [0.1, 0.15) is 15.9 Å². The molecule has 0 saturated carbocycles. The highest BCUT2D eigenvalue weighted by atomic mass is 16.5. The van der Waals surface area contributed by atoms with Gasteiger partial charge in [0, 0.05) is 30.9 Å². The summed E-state index contributed by atoms with van der Waals surface area (Å²) >= 11 is 0. The first-order chi connectivity index (χ1) is 13.8. The average Bonchev–Trinajstić information content (AvgIpc) is 2.75. The van der Waals surface area contributed by atoms with Crippen LogP contribution in [0.5, 0.6) is 0 Å². The first kappa shape index (κ1) is 18.4. The first-order valence-corrected chi connectivity index (χ1v) is 9.64. The number of carbonyl (C=O) groups is 1. The lowest BCUT2D eigenvalue weighted by atomic mass is 10.0. The van der Waals surface area contributed by atoms with Gasteiger partial charge in [-0.1, -0.05) is 54.6 Å². The van der Waals surface area contributed by atoms with E-state index < -0.39 is 0 Å². The number of ether oxygens (including phenoxy) is 1. The minimum atomic E-state index is -0.0943. The molecule has 4 heteroatoms. The van der Waals surface area contributed by atoms with Gasteiger partial charge >= 0.3 is 0 Å². The molecule has 1 heterocycles. The van der Waals surface area contributed by atoms with Crippen LogP contribution in [0.15, 0.2) is 78.9 Å². The quantitative estimate of drug-likeness (QED) is 0.720. The molecule has 1 aliphatic rings. The number of anilines is 1. The lowest BCUT2D eigenvalue weighted by Crippen LogP contribution is -2.35.